The minimum Gasteiger partial charge on any atom is -0.395 e. The van der Waals surface area contributed by atoms with Crippen LogP contribution < -0.4 is 0 Å². The van der Waals surface area contributed by atoms with Crippen LogP contribution >= 0.6 is 0 Å². The molecule has 0 heterocycles. The van der Waals surface area contributed by atoms with Crippen LogP contribution in [0.25, 0.3) is 0 Å². The molecule has 1 aliphatic rings. The van der Waals surface area contributed by atoms with Gasteiger partial charge in [-0.15, -0.1) is 0 Å². The number of ketones is 1. The lowest BCUT2D eigenvalue weighted by Crippen LogP contribution is -1.92. The van der Waals surface area contributed by atoms with E-state index in [0.29, 0.717) is 12.8 Å². The third-order valence-electron chi connectivity index (χ3n) is 2.54. The summed E-state index contributed by atoms with van der Waals surface area (Å²) in [6.45, 7) is 0.0843. The van der Waals surface area contributed by atoms with Gasteiger partial charge in [0.25, 0.3) is 0 Å². The summed E-state index contributed by atoms with van der Waals surface area (Å²) in [6.07, 6.45) is 1.89. The van der Waals surface area contributed by atoms with Gasteiger partial charge in [-0.2, -0.15) is 0 Å². The topological polar surface area (TPSA) is 37.3 Å². The lowest BCUT2D eigenvalue weighted by Gasteiger charge is -1.99. The van der Waals surface area contributed by atoms with Crippen LogP contribution in [-0.4, -0.2) is 17.5 Å². The van der Waals surface area contributed by atoms with Crippen LogP contribution in [0, 0.1) is 11.8 Å². The maximum absolute atomic E-state index is 11.5. The number of carbonyl (C=O) groups is 1. The van der Waals surface area contributed by atoms with Crippen LogP contribution in [0.5, 0.6) is 0 Å². The van der Waals surface area contributed by atoms with E-state index in [9.17, 15) is 4.79 Å². The van der Waals surface area contributed by atoms with Crippen molar-refractivity contribution in [1.29, 1.82) is 0 Å². The number of rotatable bonds is 1. The number of Topliss-reactive ketones (excluding diaryl/α,β-unsaturated/α-hetero) is 1. The van der Waals surface area contributed by atoms with Crippen molar-refractivity contribution in [3.8, 4) is 11.8 Å². The molecule has 0 fully saturated rings. The molecule has 2 rings (SSSR count). The molecule has 0 aliphatic heterocycles. The Balaban J connectivity index is 2.35. The molecule has 1 aromatic carbocycles. The fraction of sp³-hybridized carbons (Fsp3) is 0.308. The summed E-state index contributed by atoms with van der Waals surface area (Å²) in [5, 5.41) is 8.62. The minimum atomic E-state index is 0.0843. The van der Waals surface area contributed by atoms with Crippen LogP contribution in [-0.2, 0) is 6.42 Å². The van der Waals surface area contributed by atoms with Crippen LogP contribution in [0.2, 0.25) is 0 Å². The second-order valence-electron chi connectivity index (χ2n) is 3.53. The maximum Gasteiger partial charge on any atom is 0.163 e. The maximum atomic E-state index is 11.5. The molecule has 0 aromatic heterocycles. The molecule has 0 amide bonds. The molecule has 1 aliphatic carbocycles. The molecule has 0 atom stereocenters. The zero-order valence-electron chi connectivity index (χ0n) is 8.42. The Morgan fingerprint density at radius 2 is 2.20 bits per heavy atom. The molecule has 15 heavy (non-hydrogen) atoms. The molecule has 0 saturated carbocycles. The largest absolute Gasteiger partial charge is 0.395 e. The Labute approximate surface area is 88.9 Å². The van der Waals surface area contributed by atoms with Crippen molar-refractivity contribution in [3.05, 3.63) is 34.9 Å². The van der Waals surface area contributed by atoms with Crippen molar-refractivity contribution in [3.63, 3.8) is 0 Å². The average Bonchev–Trinajstić information content (AvgIpc) is 2.62. The number of fused-ring (bicyclic) bond motifs is 1. The molecule has 1 N–H and O–H groups in total. The van der Waals surface area contributed by atoms with Gasteiger partial charge in [0.1, 0.15) is 0 Å². The molecule has 76 valence electrons. The van der Waals surface area contributed by atoms with E-state index < -0.39 is 0 Å². The lowest BCUT2D eigenvalue weighted by atomic mass is 10.0. The summed E-state index contributed by atoms with van der Waals surface area (Å²) in [7, 11) is 0. The van der Waals surface area contributed by atoms with Crippen molar-refractivity contribution in [2.45, 2.75) is 19.3 Å². The van der Waals surface area contributed by atoms with E-state index in [-0.39, 0.29) is 12.4 Å². The van der Waals surface area contributed by atoms with Gasteiger partial charge in [-0.1, -0.05) is 24.0 Å². The molecule has 2 nitrogen and oxygen atoms in total. The Bertz CT molecular complexity index is 449. The molecular formula is C13H12O2. The standard InChI is InChI=1S/C13H12O2/c14-9-2-1-4-10-5-3-6-12-11(10)7-8-13(12)15/h3,5-6,14H,2,7-9H2. The van der Waals surface area contributed by atoms with Crippen LogP contribution in [0.1, 0.15) is 34.3 Å². The van der Waals surface area contributed by atoms with Crippen molar-refractivity contribution in [2.24, 2.45) is 0 Å². The van der Waals surface area contributed by atoms with Gasteiger partial charge in [0.15, 0.2) is 5.78 Å². The van der Waals surface area contributed by atoms with Crippen molar-refractivity contribution < 1.29 is 9.90 Å². The summed E-state index contributed by atoms with van der Waals surface area (Å²) >= 11 is 0. The number of aliphatic hydroxyl groups excluding tert-OH is 1. The number of hydrogen-bond acceptors (Lipinski definition) is 2. The second kappa shape index (κ2) is 4.29. The molecular weight excluding hydrogens is 188 g/mol. The fourth-order valence-corrected chi connectivity index (χ4v) is 1.82. The molecule has 0 bridgehead atoms. The molecule has 0 spiro atoms. The van der Waals surface area contributed by atoms with E-state index in [1.54, 1.807) is 0 Å². The first-order valence-electron chi connectivity index (χ1n) is 5.08. The quantitative estimate of drug-likeness (QED) is 0.698. The smallest absolute Gasteiger partial charge is 0.163 e. The van der Waals surface area contributed by atoms with Crippen LogP contribution in [0.3, 0.4) is 0 Å². The lowest BCUT2D eigenvalue weighted by molar-refractivity contribution is 0.0994. The second-order valence-corrected chi connectivity index (χ2v) is 3.53. The van der Waals surface area contributed by atoms with E-state index >= 15 is 0 Å². The van der Waals surface area contributed by atoms with E-state index in [1.165, 1.54) is 0 Å². The van der Waals surface area contributed by atoms with Gasteiger partial charge in [0, 0.05) is 24.0 Å². The van der Waals surface area contributed by atoms with E-state index in [4.69, 9.17) is 5.11 Å². The summed E-state index contributed by atoms with van der Waals surface area (Å²) in [4.78, 5) is 11.5. The number of carbonyl (C=O) groups excluding carboxylic acids is 1. The third kappa shape index (κ3) is 1.93. The highest BCUT2D eigenvalue weighted by Crippen LogP contribution is 2.24. The fourth-order valence-electron chi connectivity index (χ4n) is 1.82. The van der Waals surface area contributed by atoms with Crippen molar-refractivity contribution >= 4 is 5.78 Å². The molecule has 0 radical (unpaired) electrons. The molecule has 0 saturated heterocycles. The van der Waals surface area contributed by atoms with Gasteiger partial charge >= 0.3 is 0 Å². The molecule has 1 aromatic rings. The third-order valence-corrected chi connectivity index (χ3v) is 2.54. The van der Waals surface area contributed by atoms with E-state index in [1.807, 2.05) is 18.2 Å². The number of benzene rings is 1. The predicted octanol–water partition coefficient (Wildman–Crippen LogP) is 1.55. The van der Waals surface area contributed by atoms with E-state index in [0.717, 1.165) is 23.1 Å². The minimum absolute atomic E-state index is 0.0843. The van der Waals surface area contributed by atoms with Gasteiger partial charge in [0.05, 0.1) is 6.61 Å². The van der Waals surface area contributed by atoms with Gasteiger partial charge < -0.3 is 5.11 Å². The van der Waals surface area contributed by atoms with Gasteiger partial charge in [-0.05, 0) is 18.1 Å². The molecule has 0 unspecified atom stereocenters. The Morgan fingerprint density at radius 3 is 3.00 bits per heavy atom. The predicted molar refractivity (Wildman–Crippen MR) is 57.7 cm³/mol. The highest BCUT2D eigenvalue weighted by molar-refractivity contribution is 6.01. The first-order valence-corrected chi connectivity index (χ1v) is 5.08. The molecule has 2 heteroatoms. The summed E-state index contributed by atoms with van der Waals surface area (Å²) in [5.74, 6) is 6.11. The van der Waals surface area contributed by atoms with Gasteiger partial charge in [-0.3, -0.25) is 4.79 Å². The zero-order chi connectivity index (χ0) is 10.7. The van der Waals surface area contributed by atoms with Crippen LogP contribution in [0.4, 0.5) is 0 Å². The normalized spacial score (nSPS) is 13.3. The number of aliphatic hydroxyl groups is 1. The van der Waals surface area contributed by atoms with Gasteiger partial charge in [0.2, 0.25) is 0 Å². The first kappa shape index (κ1) is 9.95. The summed E-state index contributed by atoms with van der Waals surface area (Å²) in [5.41, 5.74) is 2.84. The summed E-state index contributed by atoms with van der Waals surface area (Å²) < 4.78 is 0. The van der Waals surface area contributed by atoms with Crippen LogP contribution in [0.15, 0.2) is 18.2 Å². The first-order chi connectivity index (χ1) is 7.33. The van der Waals surface area contributed by atoms with Crippen molar-refractivity contribution in [1.82, 2.24) is 0 Å². The Hall–Kier alpha value is -1.59. The highest BCUT2D eigenvalue weighted by atomic mass is 16.2. The van der Waals surface area contributed by atoms with Gasteiger partial charge in [-0.25, -0.2) is 0 Å². The average molecular weight is 200 g/mol. The monoisotopic (exact) mass is 200 g/mol. The van der Waals surface area contributed by atoms with Crippen molar-refractivity contribution in [2.75, 3.05) is 6.61 Å². The summed E-state index contributed by atoms with van der Waals surface area (Å²) in [6, 6.07) is 5.66. The SMILES string of the molecule is O=C1CCc2c(C#CCCO)cccc21. The highest BCUT2D eigenvalue weighted by Gasteiger charge is 2.20. The Kier molecular flexibility index (Phi) is 2.84. The Morgan fingerprint density at radius 1 is 1.33 bits per heavy atom. The zero-order valence-corrected chi connectivity index (χ0v) is 8.42. The van der Waals surface area contributed by atoms with E-state index in [2.05, 4.69) is 11.8 Å². The number of hydrogen-bond donors (Lipinski definition) is 1.